The Bertz CT molecular complexity index is 1370. The molecule has 0 saturated carbocycles. The number of urea groups is 1. The number of rotatable bonds is 11. The smallest absolute Gasteiger partial charge is 0.322 e. The maximum atomic E-state index is 13.1. The number of aryl methyl sites for hydroxylation is 1. The van der Waals surface area contributed by atoms with E-state index in [1.165, 1.54) is 5.56 Å². The third kappa shape index (κ3) is 8.82. The zero-order valence-electron chi connectivity index (χ0n) is 23.0. The van der Waals surface area contributed by atoms with E-state index in [9.17, 15) is 13.2 Å². The van der Waals surface area contributed by atoms with Crippen molar-refractivity contribution < 1.29 is 17.9 Å². The number of carbonyl (C=O) groups is 1. The van der Waals surface area contributed by atoms with Crippen LogP contribution in [0.4, 0.5) is 16.2 Å². The Balaban J connectivity index is 1.27. The predicted molar refractivity (Wildman–Crippen MR) is 159 cm³/mol. The molecule has 0 spiro atoms. The average Bonchev–Trinajstić information content (AvgIpc) is 2.92. The molecule has 1 aliphatic rings. The Morgan fingerprint density at radius 3 is 2.25 bits per heavy atom. The Labute approximate surface area is 236 Å². The predicted octanol–water partition coefficient (Wildman–Crippen LogP) is 5.63. The standard InChI is InChI=1S/C30H37N5O4S/c1-4-5-18-35(30(36)32-26-9-6-23(2)31-21-26)27-16-19-34(20-17-27)22-24-7-12-28(13-8-24)39-29-14-10-25(11-15-29)33-40(3,37)38/h4,6-15,21,27,33H,1,5,16-20,22H2,2-3H3,(H,32,36). The van der Waals surface area contributed by atoms with Gasteiger partial charge in [-0.15, -0.1) is 6.58 Å². The van der Waals surface area contributed by atoms with Crippen molar-refractivity contribution in [3.8, 4) is 11.5 Å². The lowest BCUT2D eigenvalue weighted by molar-refractivity contribution is 0.124. The van der Waals surface area contributed by atoms with Crippen molar-refractivity contribution in [1.82, 2.24) is 14.8 Å². The van der Waals surface area contributed by atoms with Gasteiger partial charge in [0.1, 0.15) is 11.5 Å². The molecule has 0 unspecified atom stereocenters. The number of anilines is 2. The highest BCUT2D eigenvalue weighted by Gasteiger charge is 2.27. The summed E-state index contributed by atoms with van der Waals surface area (Å²) in [6, 6.07) is 18.6. The molecule has 3 aromatic rings. The monoisotopic (exact) mass is 563 g/mol. The zero-order valence-corrected chi connectivity index (χ0v) is 23.9. The number of amides is 2. The molecule has 2 heterocycles. The number of nitrogens with zero attached hydrogens (tertiary/aromatic N) is 3. The van der Waals surface area contributed by atoms with Gasteiger partial charge in [0.15, 0.2) is 0 Å². The number of aromatic nitrogens is 1. The van der Waals surface area contributed by atoms with E-state index in [2.05, 4.69) is 38.6 Å². The second-order valence-corrected chi connectivity index (χ2v) is 11.8. The van der Waals surface area contributed by atoms with Crippen molar-refractivity contribution in [1.29, 1.82) is 0 Å². The number of ether oxygens (including phenoxy) is 1. The van der Waals surface area contributed by atoms with E-state index < -0.39 is 10.0 Å². The lowest BCUT2D eigenvalue weighted by atomic mass is 10.0. The van der Waals surface area contributed by atoms with Crippen LogP contribution in [0.1, 0.15) is 30.5 Å². The van der Waals surface area contributed by atoms with Crippen LogP contribution < -0.4 is 14.8 Å². The van der Waals surface area contributed by atoms with E-state index >= 15 is 0 Å². The Kier molecular flexibility index (Phi) is 9.79. The van der Waals surface area contributed by atoms with Gasteiger partial charge in [-0.3, -0.25) is 14.6 Å². The van der Waals surface area contributed by atoms with Crippen LogP contribution in [0.5, 0.6) is 11.5 Å². The van der Waals surface area contributed by atoms with E-state index in [1.54, 1.807) is 30.5 Å². The van der Waals surface area contributed by atoms with Crippen LogP contribution in [-0.4, -0.2) is 61.2 Å². The Morgan fingerprint density at radius 1 is 1.05 bits per heavy atom. The number of piperidine rings is 1. The molecule has 9 nitrogen and oxygen atoms in total. The van der Waals surface area contributed by atoms with Crippen LogP contribution in [0.2, 0.25) is 0 Å². The molecule has 2 aromatic carbocycles. The van der Waals surface area contributed by atoms with E-state index in [0.29, 0.717) is 29.4 Å². The van der Waals surface area contributed by atoms with Gasteiger partial charge in [-0.05, 0) is 80.3 Å². The molecule has 0 atom stereocenters. The number of benzene rings is 2. The molecule has 4 rings (SSSR count). The van der Waals surface area contributed by atoms with E-state index in [4.69, 9.17) is 4.74 Å². The van der Waals surface area contributed by atoms with Gasteiger partial charge in [0.25, 0.3) is 0 Å². The second kappa shape index (κ2) is 13.5. The van der Waals surface area contributed by atoms with Gasteiger partial charge in [-0.25, -0.2) is 13.2 Å². The SMILES string of the molecule is C=CCCN(C(=O)Nc1ccc(C)nc1)C1CCN(Cc2ccc(Oc3ccc(NS(C)(=O)=O)cc3)cc2)CC1. The summed E-state index contributed by atoms with van der Waals surface area (Å²) in [5, 5.41) is 3.00. The number of hydrogen-bond donors (Lipinski definition) is 2. The number of pyridine rings is 1. The summed E-state index contributed by atoms with van der Waals surface area (Å²) in [5.74, 6) is 1.33. The summed E-state index contributed by atoms with van der Waals surface area (Å²) in [6.07, 6.45) is 7.21. The van der Waals surface area contributed by atoms with Crippen molar-refractivity contribution in [3.05, 3.63) is 90.8 Å². The van der Waals surface area contributed by atoms with Gasteiger partial charge in [0.05, 0.1) is 18.1 Å². The highest BCUT2D eigenvalue weighted by molar-refractivity contribution is 7.92. The number of sulfonamides is 1. The molecule has 40 heavy (non-hydrogen) atoms. The summed E-state index contributed by atoms with van der Waals surface area (Å²) in [5.41, 5.74) is 3.28. The molecular formula is C30H37N5O4S. The molecule has 0 radical (unpaired) electrons. The first-order chi connectivity index (χ1) is 19.2. The van der Waals surface area contributed by atoms with Crippen molar-refractivity contribution in [3.63, 3.8) is 0 Å². The summed E-state index contributed by atoms with van der Waals surface area (Å²) in [4.78, 5) is 21.7. The van der Waals surface area contributed by atoms with Crippen molar-refractivity contribution in [2.75, 3.05) is 35.9 Å². The molecule has 1 aliphatic heterocycles. The van der Waals surface area contributed by atoms with E-state index in [-0.39, 0.29) is 12.1 Å². The van der Waals surface area contributed by atoms with Crippen LogP contribution in [0.15, 0.2) is 79.5 Å². The zero-order chi connectivity index (χ0) is 28.5. The summed E-state index contributed by atoms with van der Waals surface area (Å²) < 4.78 is 31.1. The molecule has 2 N–H and O–H groups in total. The van der Waals surface area contributed by atoms with Crippen LogP contribution in [0, 0.1) is 6.92 Å². The van der Waals surface area contributed by atoms with Crippen molar-refractivity contribution >= 4 is 27.4 Å². The Hall–Kier alpha value is -3.89. The minimum atomic E-state index is -3.31. The Morgan fingerprint density at radius 2 is 1.68 bits per heavy atom. The third-order valence-corrected chi connectivity index (χ3v) is 7.32. The molecule has 0 aliphatic carbocycles. The van der Waals surface area contributed by atoms with Crippen molar-refractivity contribution in [2.45, 2.75) is 38.8 Å². The maximum Gasteiger partial charge on any atom is 0.322 e. The highest BCUT2D eigenvalue weighted by Crippen LogP contribution is 2.25. The summed E-state index contributed by atoms with van der Waals surface area (Å²) in [6.45, 7) is 9.01. The van der Waals surface area contributed by atoms with Gasteiger partial charge in [-0.2, -0.15) is 0 Å². The van der Waals surface area contributed by atoms with E-state index in [1.807, 2.05) is 42.2 Å². The van der Waals surface area contributed by atoms with Gasteiger partial charge in [-0.1, -0.05) is 18.2 Å². The van der Waals surface area contributed by atoms with Gasteiger partial charge in [0.2, 0.25) is 10.0 Å². The molecule has 10 heteroatoms. The molecule has 1 aromatic heterocycles. The average molecular weight is 564 g/mol. The fraction of sp³-hybridized carbons (Fsp3) is 0.333. The van der Waals surface area contributed by atoms with Gasteiger partial charge in [0, 0.05) is 43.6 Å². The van der Waals surface area contributed by atoms with Crippen LogP contribution >= 0.6 is 0 Å². The van der Waals surface area contributed by atoms with Gasteiger partial charge < -0.3 is 15.0 Å². The minimum absolute atomic E-state index is 0.0946. The molecule has 2 amide bonds. The lowest BCUT2D eigenvalue weighted by Crippen LogP contribution is -2.49. The first-order valence-corrected chi connectivity index (χ1v) is 15.3. The largest absolute Gasteiger partial charge is 0.457 e. The highest BCUT2D eigenvalue weighted by atomic mass is 32.2. The second-order valence-electron chi connectivity index (χ2n) is 10.0. The van der Waals surface area contributed by atoms with Gasteiger partial charge >= 0.3 is 6.03 Å². The van der Waals surface area contributed by atoms with Crippen LogP contribution in [0.25, 0.3) is 0 Å². The number of carbonyl (C=O) groups excluding carboxylic acids is 1. The summed E-state index contributed by atoms with van der Waals surface area (Å²) >= 11 is 0. The van der Waals surface area contributed by atoms with Crippen LogP contribution in [-0.2, 0) is 16.6 Å². The number of nitrogens with one attached hydrogen (secondary N) is 2. The molecule has 212 valence electrons. The maximum absolute atomic E-state index is 13.1. The topological polar surface area (TPSA) is 104 Å². The molecule has 1 fully saturated rings. The first kappa shape index (κ1) is 29.1. The summed E-state index contributed by atoms with van der Waals surface area (Å²) in [7, 11) is -3.31. The number of likely N-dealkylation sites (tertiary alicyclic amines) is 1. The molecular weight excluding hydrogens is 526 g/mol. The first-order valence-electron chi connectivity index (χ1n) is 13.4. The fourth-order valence-electron chi connectivity index (χ4n) is 4.67. The molecule has 0 bridgehead atoms. The normalized spacial score (nSPS) is 14.3. The van der Waals surface area contributed by atoms with E-state index in [0.717, 1.165) is 50.8 Å². The minimum Gasteiger partial charge on any atom is -0.457 e. The van der Waals surface area contributed by atoms with Crippen LogP contribution in [0.3, 0.4) is 0 Å². The molecule has 1 saturated heterocycles. The third-order valence-electron chi connectivity index (χ3n) is 6.72. The quantitative estimate of drug-likeness (QED) is 0.293. The lowest BCUT2D eigenvalue weighted by Gasteiger charge is -2.38. The fourth-order valence-corrected chi connectivity index (χ4v) is 5.23. The number of hydrogen-bond acceptors (Lipinski definition) is 6. The van der Waals surface area contributed by atoms with Crippen molar-refractivity contribution in [2.24, 2.45) is 0 Å².